The number of rotatable bonds is 4. The van der Waals surface area contributed by atoms with Crippen molar-refractivity contribution >= 4 is 11.4 Å². The number of nitrogens with zero attached hydrogens (tertiary/aromatic N) is 1. The monoisotopic (exact) mass is 250 g/mol. The Bertz CT molecular complexity index is 428. The predicted octanol–water partition coefficient (Wildman–Crippen LogP) is 2.88. The Morgan fingerprint density at radius 2 is 2.33 bits per heavy atom. The summed E-state index contributed by atoms with van der Waals surface area (Å²) in [7, 11) is 0. The summed E-state index contributed by atoms with van der Waals surface area (Å²) >= 11 is 0. The molecule has 1 aliphatic rings. The average Bonchev–Trinajstić information content (AvgIpc) is 2.38. The lowest BCUT2D eigenvalue weighted by Gasteiger charge is -2.23. The summed E-state index contributed by atoms with van der Waals surface area (Å²) in [5.41, 5.74) is 1.96. The maximum absolute atomic E-state index is 10.6. The Labute approximate surface area is 106 Å². The van der Waals surface area contributed by atoms with Crippen LogP contribution in [0.5, 0.6) is 0 Å². The molecule has 2 rings (SSSR count). The molecule has 0 aliphatic carbocycles. The fraction of sp³-hybridized carbons (Fsp3) is 0.538. The molecule has 1 fully saturated rings. The number of aryl methyl sites for hydroxylation is 1. The number of nitro benzene ring substituents is 1. The molecule has 1 N–H and O–H groups in total. The largest absolute Gasteiger partial charge is 0.382 e. The molecule has 5 heteroatoms. The summed E-state index contributed by atoms with van der Waals surface area (Å²) in [5.74, 6) is 0. The smallest absolute Gasteiger partial charge is 0.269 e. The minimum atomic E-state index is -0.374. The van der Waals surface area contributed by atoms with Crippen molar-refractivity contribution in [3.63, 3.8) is 0 Å². The molecule has 98 valence electrons. The van der Waals surface area contributed by atoms with Crippen LogP contribution in [0.2, 0.25) is 0 Å². The molecule has 0 saturated carbocycles. The number of hydrogen-bond acceptors (Lipinski definition) is 4. The Morgan fingerprint density at radius 1 is 1.50 bits per heavy atom. The lowest BCUT2D eigenvalue weighted by molar-refractivity contribution is -0.384. The van der Waals surface area contributed by atoms with Crippen molar-refractivity contribution in [1.29, 1.82) is 0 Å². The number of anilines is 1. The summed E-state index contributed by atoms with van der Waals surface area (Å²) < 4.78 is 5.63. The lowest BCUT2D eigenvalue weighted by Crippen LogP contribution is -2.27. The van der Waals surface area contributed by atoms with E-state index in [0.717, 1.165) is 37.2 Å². The second-order valence-electron chi connectivity index (χ2n) is 4.63. The van der Waals surface area contributed by atoms with Crippen molar-refractivity contribution in [2.45, 2.75) is 32.3 Å². The van der Waals surface area contributed by atoms with Crippen LogP contribution in [0.3, 0.4) is 0 Å². The molecule has 1 unspecified atom stereocenters. The second kappa shape index (κ2) is 5.82. The highest BCUT2D eigenvalue weighted by atomic mass is 16.6. The SMILES string of the molecule is Cc1cc([N+](=O)[O-])ccc1NCC1CCCCO1. The molecule has 1 aliphatic heterocycles. The number of non-ortho nitro benzene ring substituents is 1. The van der Waals surface area contributed by atoms with Gasteiger partial charge in [-0.3, -0.25) is 10.1 Å². The second-order valence-corrected chi connectivity index (χ2v) is 4.63. The topological polar surface area (TPSA) is 64.4 Å². The first-order valence-electron chi connectivity index (χ1n) is 6.27. The zero-order chi connectivity index (χ0) is 13.0. The maximum Gasteiger partial charge on any atom is 0.269 e. The molecule has 1 heterocycles. The third-order valence-electron chi connectivity index (χ3n) is 3.21. The molecule has 1 aromatic carbocycles. The van der Waals surface area contributed by atoms with Gasteiger partial charge in [0.1, 0.15) is 0 Å². The van der Waals surface area contributed by atoms with E-state index in [0.29, 0.717) is 0 Å². The van der Waals surface area contributed by atoms with Crippen molar-refractivity contribution < 1.29 is 9.66 Å². The maximum atomic E-state index is 10.6. The number of nitrogens with one attached hydrogen (secondary N) is 1. The number of nitro groups is 1. The molecule has 18 heavy (non-hydrogen) atoms. The lowest BCUT2D eigenvalue weighted by atomic mass is 10.1. The molecule has 0 bridgehead atoms. The van der Waals surface area contributed by atoms with Gasteiger partial charge < -0.3 is 10.1 Å². The molecule has 0 amide bonds. The van der Waals surface area contributed by atoms with E-state index < -0.39 is 0 Å². The quantitative estimate of drug-likeness (QED) is 0.659. The van der Waals surface area contributed by atoms with Crippen LogP contribution in [-0.4, -0.2) is 24.2 Å². The van der Waals surface area contributed by atoms with E-state index in [9.17, 15) is 10.1 Å². The molecule has 1 saturated heterocycles. The summed E-state index contributed by atoms with van der Waals surface area (Å²) in [5, 5.41) is 13.9. The molecule has 0 spiro atoms. The summed E-state index contributed by atoms with van der Waals surface area (Å²) in [4.78, 5) is 10.3. The Morgan fingerprint density at radius 3 is 2.94 bits per heavy atom. The van der Waals surface area contributed by atoms with Crippen LogP contribution in [0, 0.1) is 17.0 Å². The fourth-order valence-electron chi connectivity index (χ4n) is 2.15. The molecule has 5 nitrogen and oxygen atoms in total. The van der Waals surface area contributed by atoms with Crippen LogP contribution in [0.25, 0.3) is 0 Å². The zero-order valence-corrected chi connectivity index (χ0v) is 10.5. The van der Waals surface area contributed by atoms with E-state index in [1.807, 2.05) is 6.92 Å². The van der Waals surface area contributed by atoms with Crippen molar-refractivity contribution in [2.24, 2.45) is 0 Å². The van der Waals surface area contributed by atoms with Crippen molar-refractivity contribution in [2.75, 3.05) is 18.5 Å². The standard InChI is InChI=1S/C13H18N2O3/c1-10-8-11(15(16)17)5-6-13(10)14-9-12-4-2-3-7-18-12/h5-6,8,12,14H,2-4,7,9H2,1H3. The zero-order valence-electron chi connectivity index (χ0n) is 10.5. The van der Waals surface area contributed by atoms with Crippen molar-refractivity contribution in [3.05, 3.63) is 33.9 Å². The predicted molar refractivity (Wildman–Crippen MR) is 69.9 cm³/mol. The molecule has 1 aromatic rings. The molecule has 0 radical (unpaired) electrons. The van der Waals surface area contributed by atoms with Gasteiger partial charge in [-0.2, -0.15) is 0 Å². The van der Waals surface area contributed by atoms with Gasteiger partial charge in [0, 0.05) is 31.0 Å². The van der Waals surface area contributed by atoms with Gasteiger partial charge in [0.25, 0.3) is 5.69 Å². The number of benzene rings is 1. The third-order valence-corrected chi connectivity index (χ3v) is 3.21. The van der Waals surface area contributed by atoms with E-state index in [1.165, 1.54) is 12.5 Å². The molecule has 0 aromatic heterocycles. The Hall–Kier alpha value is -1.62. The van der Waals surface area contributed by atoms with E-state index in [2.05, 4.69) is 5.32 Å². The van der Waals surface area contributed by atoms with Crippen LogP contribution < -0.4 is 5.32 Å². The molecular formula is C13H18N2O3. The number of hydrogen-bond donors (Lipinski definition) is 1. The van der Waals surface area contributed by atoms with Crippen LogP contribution in [0.15, 0.2) is 18.2 Å². The molecular weight excluding hydrogens is 232 g/mol. The van der Waals surface area contributed by atoms with Gasteiger partial charge in [-0.15, -0.1) is 0 Å². The van der Waals surface area contributed by atoms with Gasteiger partial charge in [0.2, 0.25) is 0 Å². The molecule has 1 atom stereocenters. The Kier molecular flexibility index (Phi) is 4.15. The van der Waals surface area contributed by atoms with Gasteiger partial charge in [-0.05, 0) is 37.8 Å². The van der Waals surface area contributed by atoms with E-state index >= 15 is 0 Å². The summed E-state index contributed by atoms with van der Waals surface area (Å²) in [6.07, 6.45) is 3.70. The summed E-state index contributed by atoms with van der Waals surface area (Å²) in [6, 6.07) is 4.87. The summed E-state index contributed by atoms with van der Waals surface area (Å²) in [6.45, 7) is 3.47. The van der Waals surface area contributed by atoms with Crippen LogP contribution in [0.4, 0.5) is 11.4 Å². The van der Waals surface area contributed by atoms with Gasteiger partial charge in [0.05, 0.1) is 11.0 Å². The first kappa shape index (κ1) is 12.8. The highest BCUT2D eigenvalue weighted by Crippen LogP contribution is 2.22. The van der Waals surface area contributed by atoms with Gasteiger partial charge in [-0.25, -0.2) is 0 Å². The van der Waals surface area contributed by atoms with Gasteiger partial charge >= 0.3 is 0 Å². The highest BCUT2D eigenvalue weighted by molar-refractivity contribution is 5.55. The van der Waals surface area contributed by atoms with Crippen molar-refractivity contribution in [3.8, 4) is 0 Å². The Balaban J connectivity index is 1.94. The van der Waals surface area contributed by atoms with E-state index in [-0.39, 0.29) is 16.7 Å². The highest BCUT2D eigenvalue weighted by Gasteiger charge is 2.14. The van der Waals surface area contributed by atoms with Crippen LogP contribution in [-0.2, 0) is 4.74 Å². The average molecular weight is 250 g/mol. The van der Waals surface area contributed by atoms with Gasteiger partial charge in [-0.1, -0.05) is 0 Å². The van der Waals surface area contributed by atoms with E-state index in [4.69, 9.17) is 4.74 Å². The first-order valence-corrected chi connectivity index (χ1v) is 6.27. The van der Waals surface area contributed by atoms with Crippen LogP contribution >= 0.6 is 0 Å². The fourth-order valence-corrected chi connectivity index (χ4v) is 2.15. The normalized spacial score (nSPS) is 19.5. The first-order chi connectivity index (χ1) is 8.66. The van der Waals surface area contributed by atoms with Crippen LogP contribution in [0.1, 0.15) is 24.8 Å². The van der Waals surface area contributed by atoms with Gasteiger partial charge in [0.15, 0.2) is 0 Å². The minimum absolute atomic E-state index is 0.131. The van der Waals surface area contributed by atoms with Crippen molar-refractivity contribution in [1.82, 2.24) is 0 Å². The number of ether oxygens (including phenoxy) is 1. The van der Waals surface area contributed by atoms with E-state index in [1.54, 1.807) is 12.1 Å². The third kappa shape index (κ3) is 3.20. The minimum Gasteiger partial charge on any atom is -0.382 e.